The lowest BCUT2D eigenvalue weighted by Crippen LogP contribution is -2.32. The molecule has 2 aromatic heterocycles. The van der Waals surface area contributed by atoms with E-state index in [-0.39, 0.29) is 12.3 Å². The topological polar surface area (TPSA) is 55.3 Å². The van der Waals surface area contributed by atoms with E-state index in [2.05, 4.69) is 20.9 Å². The van der Waals surface area contributed by atoms with Crippen LogP contribution in [0.1, 0.15) is 16.8 Å². The fraction of sp³-hybridized carbons (Fsp3) is 0.174. The predicted octanol–water partition coefficient (Wildman–Crippen LogP) is 5.55. The first-order valence-electron chi connectivity index (χ1n) is 9.43. The van der Waals surface area contributed by atoms with Gasteiger partial charge in [-0.25, -0.2) is 4.98 Å². The molecule has 0 aliphatic rings. The number of amides is 1. The lowest BCUT2D eigenvalue weighted by molar-refractivity contribution is -0.118. The summed E-state index contributed by atoms with van der Waals surface area (Å²) in [5.41, 5.74) is 3.63. The number of carbonyl (C=O) groups excluding carboxylic acids is 1. The summed E-state index contributed by atoms with van der Waals surface area (Å²) in [6, 6.07) is 17.5. The molecule has 0 aliphatic carbocycles. The van der Waals surface area contributed by atoms with Crippen LogP contribution in [0.2, 0.25) is 0 Å². The Kier molecular flexibility index (Phi) is 6.11. The minimum atomic E-state index is -0.0247. The zero-order chi connectivity index (χ0) is 21.1. The van der Waals surface area contributed by atoms with Crippen molar-refractivity contribution in [2.75, 3.05) is 12.0 Å². The fourth-order valence-electron chi connectivity index (χ4n) is 3.24. The minimum Gasteiger partial charge on any atom is -0.496 e. The predicted molar refractivity (Wildman–Crippen MR) is 124 cm³/mol. The third kappa shape index (κ3) is 4.52. The molecule has 0 saturated carbocycles. The van der Waals surface area contributed by atoms with Crippen LogP contribution in [0.3, 0.4) is 0 Å². The number of aryl methyl sites for hydroxylation is 1. The molecular weight excluding hydrogens is 462 g/mol. The van der Waals surface area contributed by atoms with Crippen LogP contribution in [0, 0.1) is 6.92 Å². The largest absolute Gasteiger partial charge is 0.496 e. The van der Waals surface area contributed by atoms with Gasteiger partial charge in [-0.05, 0) is 54.4 Å². The smallest absolute Gasteiger partial charge is 0.233 e. The van der Waals surface area contributed by atoms with Crippen molar-refractivity contribution in [3.63, 3.8) is 0 Å². The van der Waals surface area contributed by atoms with Crippen LogP contribution in [0.5, 0.6) is 5.75 Å². The second kappa shape index (κ2) is 8.93. The summed E-state index contributed by atoms with van der Waals surface area (Å²) in [6.07, 6.45) is 2.01. The maximum atomic E-state index is 13.4. The van der Waals surface area contributed by atoms with Crippen molar-refractivity contribution in [3.8, 4) is 5.75 Å². The zero-order valence-electron chi connectivity index (χ0n) is 16.6. The molecule has 0 unspecified atom stereocenters. The highest BCUT2D eigenvalue weighted by Crippen LogP contribution is 2.32. The summed E-state index contributed by atoms with van der Waals surface area (Å²) in [4.78, 5) is 24.2. The van der Waals surface area contributed by atoms with Crippen LogP contribution in [0.25, 0.3) is 10.2 Å². The number of ether oxygens (including phenoxy) is 1. The molecule has 4 aromatic rings. The Bertz CT molecular complexity index is 1190. The number of hydrogen-bond donors (Lipinski definition) is 0. The van der Waals surface area contributed by atoms with E-state index >= 15 is 0 Å². The van der Waals surface area contributed by atoms with E-state index in [1.54, 1.807) is 18.2 Å². The first kappa shape index (κ1) is 20.5. The molecule has 5 nitrogen and oxygen atoms in total. The van der Waals surface area contributed by atoms with Crippen LogP contribution >= 0.6 is 27.3 Å². The van der Waals surface area contributed by atoms with Crippen molar-refractivity contribution in [2.45, 2.75) is 19.9 Å². The van der Waals surface area contributed by atoms with Crippen LogP contribution in [0.15, 0.2) is 65.3 Å². The van der Waals surface area contributed by atoms with E-state index in [0.717, 1.165) is 37.3 Å². The molecule has 0 saturated heterocycles. The van der Waals surface area contributed by atoms with Crippen molar-refractivity contribution >= 4 is 48.5 Å². The molecule has 0 aliphatic heterocycles. The van der Waals surface area contributed by atoms with E-state index < -0.39 is 0 Å². The molecule has 0 N–H and O–H groups in total. The Morgan fingerprint density at radius 2 is 2.03 bits per heavy atom. The summed E-state index contributed by atoms with van der Waals surface area (Å²) in [7, 11) is 1.65. The van der Waals surface area contributed by atoms with Crippen molar-refractivity contribution < 1.29 is 9.53 Å². The lowest BCUT2D eigenvalue weighted by atomic mass is 10.1. The number of pyridine rings is 1. The van der Waals surface area contributed by atoms with Crippen LogP contribution in [-0.2, 0) is 17.8 Å². The van der Waals surface area contributed by atoms with Gasteiger partial charge in [0.25, 0.3) is 0 Å². The Morgan fingerprint density at radius 1 is 1.17 bits per heavy atom. The van der Waals surface area contributed by atoms with Gasteiger partial charge in [0.15, 0.2) is 5.13 Å². The molecule has 152 valence electrons. The Morgan fingerprint density at radius 3 is 2.77 bits per heavy atom. The summed E-state index contributed by atoms with van der Waals surface area (Å²) >= 11 is 5.01. The number of hydrogen-bond acceptors (Lipinski definition) is 5. The summed E-state index contributed by atoms with van der Waals surface area (Å²) < 4.78 is 7.34. The average Bonchev–Trinajstić information content (AvgIpc) is 3.15. The number of methoxy groups -OCH3 is 1. The summed E-state index contributed by atoms with van der Waals surface area (Å²) in [5.74, 6) is 0.789. The maximum Gasteiger partial charge on any atom is 0.233 e. The third-order valence-corrected chi connectivity index (χ3v) is 6.27. The lowest BCUT2D eigenvalue weighted by Gasteiger charge is -2.20. The Hall–Kier alpha value is -2.77. The molecule has 0 radical (unpaired) electrons. The normalized spacial score (nSPS) is 10.9. The summed E-state index contributed by atoms with van der Waals surface area (Å²) in [5, 5.41) is 0.670. The van der Waals surface area contributed by atoms with Gasteiger partial charge >= 0.3 is 0 Å². The van der Waals surface area contributed by atoms with Crippen LogP contribution in [0.4, 0.5) is 5.13 Å². The van der Waals surface area contributed by atoms with Crippen LogP contribution < -0.4 is 9.64 Å². The van der Waals surface area contributed by atoms with Crippen molar-refractivity contribution in [3.05, 3.63) is 82.1 Å². The number of benzene rings is 2. The molecule has 30 heavy (non-hydrogen) atoms. The van der Waals surface area contributed by atoms with Gasteiger partial charge in [-0.1, -0.05) is 45.5 Å². The molecule has 1 amide bonds. The average molecular weight is 482 g/mol. The van der Waals surface area contributed by atoms with Crippen molar-refractivity contribution in [1.29, 1.82) is 0 Å². The quantitative estimate of drug-likeness (QED) is 0.362. The highest BCUT2D eigenvalue weighted by atomic mass is 79.9. The second-order valence-corrected chi connectivity index (χ2v) is 8.81. The number of anilines is 1. The maximum absolute atomic E-state index is 13.4. The standard InChI is InChI=1S/C23H20BrN3O2S/c1-15-11-16(6-9-20(15)29-2)12-22(28)27(14-18-5-3-4-10-25-18)23-26-19-8-7-17(24)13-21(19)30-23/h3-11,13H,12,14H2,1-2H3. The molecule has 0 bridgehead atoms. The van der Waals surface area contributed by atoms with Gasteiger partial charge in [-0.3, -0.25) is 14.7 Å². The first-order chi connectivity index (χ1) is 14.5. The molecular formula is C23H20BrN3O2S. The van der Waals surface area contributed by atoms with Crippen molar-refractivity contribution in [2.24, 2.45) is 0 Å². The molecule has 2 heterocycles. The highest BCUT2D eigenvalue weighted by Gasteiger charge is 2.21. The molecule has 0 spiro atoms. The van der Waals surface area contributed by atoms with Gasteiger partial charge in [-0.15, -0.1) is 0 Å². The first-order valence-corrected chi connectivity index (χ1v) is 11.0. The van der Waals surface area contributed by atoms with E-state index in [0.29, 0.717) is 11.7 Å². The van der Waals surface area contributed by atoms with Crippen molar-refractivity contribution in [1.82, 2.24) is 9.97 Å². The van der Waals surface area contributed by atoms with Gasteiger partial charge in [-0.2, -0.15) is 0 Å². The van der Waals surface area contributed by atoms with Gasteiger partial charge in [0.1, 0.15) is 5.75 Å². The SMILES string of the molecule is COc1ccc(CC(=O)N(Cc2ccccn2)c2nc3ccc(Br)cc3s2)cc1C. The van der Waals surface area contributed by atoms with Gasteiger partial charge in [0.05, 0.1) is 36.0 Å². The number of carbonyl (C=O) groups is 1. The summed E-state index contributed by atoms with van der Waals surface area (Å²) in [6.45, 7) is 2.35. The Balaban J connectivity index is 1.66. The minimum absolute atomic E-state index is 0.0247. The van der Waals surface area contributed by atoms with Crippen LogP contribution in [-0.4, -0.2) is 23.0 Å². The Labute approximate surface area is 187 Å². The van der Waals surface area contributed by atoms with E-state index in [1.807, 2.05) is 61.5 Å². The zero-order valence-corrected chi connectivity index (χ0v) is 19.0. The highest BCUT2D eigenvalue weighted by molar-refractivity contribution is 9.10. The molecule has 7 heteroatoms. The number of thiazole rings is 1. The van der Waals surface area contributed by atoms with Gasteiger partial charge < -0.3 is 4.74 Å². The number of rotatable bonds is 6. The fourth-order valence-corrected chi connectivity index (χ4v) is 4.77. The number of halogens is 1. The van der Waals surface area contributed by atoms with E-state index in [1.165, 1.54) is 11.3 Å². The molecule has 0 atom stereocenters. The number of nitrogens with zero attached hydrogens (tertiary/aromatic N) is 3. The number of aromatic nitrogens is 2. The van der Waals surface area contributed by atoms with Gasteiger partial charge in [0.2, 0.25) is 5.91 Å². The van der Waals surface area contributed by atoms with E-state index in [4.69, 9.17) is 9.72 Å². The molecule has 2 aromatic carbocycles. The third-order valence-electron chi connectivity index (χ3n) is 4.73. The van der Waals surface area contributed by atoms with E-state index in [9.17, 15) is 4.79 Å². The molecule has 4 rings (SSSR count). The molecule has 0 fully saturated rings. The monoisotopic (exact) mass is 481 g/mol. The number of fused-ring (bicyclic) bond motifs is 1. The second-order valence-electron chi connectivity index (χ2n) is 6.89. The van der Waals surface area contributed by atoms with Gasteiger partial charge in [0, 0.05) is 10.7 Å².